The molecule has 15 heteroatoms. The highest BCUT2D eigenvalue weighted by atomic mass is 16.5. The summed E-state index contributed by atoms with van der Waals surface area (Å²) < 4.78 is 9.78. The largest absolute Gasteiger partial charge is 0.491 e. The molecule has 0 bridgehead atoms. The Hall–Kier alpha value is -5.96. The summed E-state index contributed by atoms with van der Waals surface area (Å²) in [7, 11) is 0. The molecule has 3 aromatic heterocycles. The van der Waals surface area contributed by atoms with Crippen LogP contribution in [0.1, 0.15) is 81.2 Å². The van der Waals surface area contributed by atoms with Crippen LogP contribution < -0.4 is 15.4 Å². The van der Waals surface area contributed by atoms with Crippen molar-refractivity contribution in [3.63, 3.8) is 0 Å². The van der Waals surface area contributed by atoms with Crippen molar-refractivity contribution in [1.82, 2.24) is 39.5 Å². The average Bonchev–Trinajstić information content (AvgIpc) is 3.64. The van der Waals surface area contributed by atoms with Crippen LogP contribution in [0.3, 0.4) is 0 Å². The van der Waals surface area contributed by atoms with Crippen molar-refractivity contribution in [2.75, 3.05) is 25.0 Å². The Kier molecular flexibility index (Phi) is 7.79. The van der Waals surface area contributed by atoms with E-state index in [1.807, 2.05) is 29.1 Å². The Morgan fingerprint density at radius 1 is 0.981 bits per heavy atom. The van der Waals surface area contributed by atoms with E-state index in [0.717, 1.165) is 60.1 Å². The number of aromatic nitrogens is 5. The zero-order chi connectivity index (χ0) is 35.5. The number of hydrogen-bond acceptors (Lipinski definition) is 10. The van der Waals surface area contributed by atoms with Crippen molar-refractivity contribution < 1.29 is 28.7 Å². The highest BCUT2D eigenvalue weighted by molar-refractivity contribution is 6.23. The molecule has 15 nitrogen and oxygen atoms in total. The molecule has 1 aliphatic carbocycles. The Labute approximate surface area is 296 Å². The van der Waals surface area contributed by atoms with Crippen molar-refractivity contribution in [2.45, 2.75) is 57.2 Å². The molecule has 1 atom stereocenters. The summed E-state index contributed by atoms with van der Waals surface area (Å²) in [6.45, 7) is 2.79. The summed E-state index contributed by atoms with van der Waals surface area (Å²) in [5.74, 6) is -1.25. The van der Waals surface area contributed by atoms with Gasteiger partial charge >= 0.3 is 0 Å². The van der Waals surface area contributed by atoms with Crippen LogP contribution >= 0.6 is 0 Å². The number of likely N-dealkylation sites (tertiary alicyclic amines) is 1. The Morgan fingerprint density at radius 2 is 1.81 bits per heavy atom. The average molecular weight is 702 g/mol. The van der Waals surface area contributed by atoms with Crippen molar-refractivity contribution in [3.8, 4) is 5.75 Å². The fourth-order valence-electron chi connectivity index (χ4n) is 7.36. The van der Waals surface area contributed by atoms with E-state index in [4.69, 9.17) is 9.84 Å². The zero-order valence-corrected chi connectivity index (χ0v) is 28.2. The normalized spacial score (nSPS) is 19.8. The number of imide groups is 2. The molecule has 5 aromatic rings. The maximum absolute atomic E-state index is 13.4. The minimum absolute atomic E-state index is 0.0810. The van der Waals surface area contributed by atoms with Crippen LogP contribution in [0.15, 0.2) is 61.2 Å². The number of carbonyl (C=O) groups is 5. The summed E-state index contributed by atoms with van der Waals surface area (Å²) in [5, 5.41) is 15.3. The molecule has 1 unspecified atom stereocenters. The van der Waals surface area contributed by atoms with Gasteiger partial charge in [-0.05, 0) is 67.9 Å². The van der Waals surface area contributed by atoms with Crippen LogP contribution in [0.2, 0.25) is 0 Å². The van der Waals surface area contributed by atoms with Gasteiger partial charge in [0.2, 0.25) is 11.8 Å². The predicted octanol–water partition coefficient (Wildman–Crippen LogP) is 3.36. The van der Waals surface area contributed by atoms with Gasteiger partial charge in [0.15, 0.2) is 5.65 Å². The number of piperidine rings is 2. The van der Waals surface area contributed by atoms with E-state index < -0.39 is 29.7 Å². The number of ether oxygens (including phenoxy) is 1. The quantitative estimate of drug-likeness (QED) is 0.217. The summed E-state index contributed by atoms with van der Waals surface area (Å²) in [5.41, 5.74) is 3.66. The van der Waals surface area contributed by atoms with E-state index in [1.165, 1.54) is 6.20 Å². The van der Waals surface area contributed by atoms with E-state index >= 15 is 0 Å². The Balaban J connectivity index is 0.876. The first-order valence-electron chi connectivity index (χ1n) is 17.6. The molecule has 5 amide bonds. The lowest BCUT2D eigenvalue weighted by atomic mass is 10.0. The minimum Gasteiger partial charge on any atom is -0.491 e. The Morgan fingerprint density at radius 3 is 2.62 bits per heavy atom. The fourth-order valence-corrected chi connectivity index (χ4v) is 7.36. The summed E-state index contributed by atoms with van der Waals surface area (Å²) in [4.78, 5) is 71.4. The number of hydrogen-bond donors (Lipinski definition) is 2. The van der Waals surface area contributed by atoms with E-state index in [1.54, 1.807) is 35.1 Å². The van der Waals surface area contributed by atoms with Gasteiger partial charge in [-0.25, -0.2) is 9.50 Å². The van der Waals surface area contributed by atoms with E-state index in [-0.39, 0.29) is 35.9 Å². The maximum atomic E-state index is 13.4. The van der Waals surface area contributed by atoms with Crippen LogP contribution in [-0.4, -0.2) is 89.5 Å². The lowest BCUT2D eigenvalue weighted by Gasteiger charge is -2.32. The molecule has 2 N–H and O–H groups in total. The van der Waals surface area contributed by atoms with Gasteiger partial charge in [0, 0.05) is 56.1 Å². The molecule has 2 saturated heterocycles. The second-order valence-corrected chi connectivity index (χ2v) is 14.0. The van der Waals surface area contributed by atoms with Crippen LogP contribution in [0.25, 0.3) is 16.6 Å². The number of amides is 5. The van der Waals surface area contributed by atoms with Crippen LogP contribution in [0.5, 0.6) is 5.75 Å². The predicted molar refractivity (Wildman–Crippen MR) is 186 cm³/mol. The van der Waals surface area contributed by atoms with Gasteiger partial charge in [-0.15, -0.1) is 0 Å². The van der Waals surface area contributed by atoms with Gasteiger partial charge in [-0.3, -0.25) is 43.8 Å². The third kappa shape index (κ3) is 5.86. The van der Waals surface area contributed by atoms with Crippen molar-refractivity contribution >= 4 is 51.8 Å². The summed E-state index contributed by atoms with van der Waals surface area (Å²) in [6.07, 6.45) is 11.1. The minimum atomic E-state index is -0.987. The third-order valence-electron chi connectivity index (χ3n) is 10.4. The summed E-state index contributed by atoms with van der Waals surface area (Å²) >= 11 is 0. The highest BCUT2D eigenvalue weighted by Crippen LogP contribution is 2.36. The van der Waals surface area contributed by atoms with Gasteiger partial charge in [-0.2, -0.15) is 10.2 Å². The van der Waals surface area contributed by atoms with Gasteiger partial charge in [0.1, 0.15) is 17.4 Å². The molecule has 264 valence electrons. The van der Waals surface area contributed by atoms with E-state index in [2.05, 4.69) is 25.6 Å². The van der Waals surface area contributed by atoms with Gasteiger partial charge in [0.05, 0.1) is 41.2 Å². The number of benzene rings is 2. The smallest absolute Gasteiger partial charge is 0.262 e. The van der Waals surface area contributed by atoms with Crippen LogP contribution in [0, 0.1) is 5.92 Å². The second-order valence-electron chi connectivity index (χ2n) is 14.0. The fraction of sp³-hybridized carbons (Fsp3) is 0.351. The SMILES string of the molecule is O=C1CCC(N2C(=O)c3ccc(CN4CCC(n5cc6cc(NC(=O)c7cnn8cccnc78)c(OCC7CC7)cc6n5)CC4)cc3C2=O)C(=O)N1. The van der Waals surface area contributed by atoms with E-state index in [9.17, 15) is 24.0 Å². The summed E-state index contributed by atoms with van der Waals surface area (Å²) in [6, 6.07) is 10.0. The molecule has 52 heavy (non-hydrogen) atoms. The van der Waals surface area contributed by atoms with Gasteiger partial charge < -0.3 is 10.1 Å². The van der Waals surface area contributed by atoms with Crippen LogP contribution in [-0.2, 0) is 16.1 Å². The molecule has 0 spiro atoms. The van der Waals surface area contributed by atoms with Gasteiger partial charge in [-0.1, -0.05) is 6.07 Å². The maximum Gasteiger partial charge on any atom is 0.262 e. The second kappa shape index (κ2) is 12.7. The third-order valence-corrected chi connectivity index (χ3v) is 10.4. The lowest BCUT2D eigenvalue weighted by Crippen LogP contribution is -2.54. The number of nitrogens with one attached hydrogen (secondary N) is 2. The first-order valence-corrected chi connectivity index (χ1v) is 17.6. The molecule has 1 saturated carbocycles. The molecule has 3 fully saturated rings. The highest BCUT2D eigenvalue weighted by Gasteiger charge is 2.44. The zero-order valence-electron chi connectivity index (χ0n) is 28.2. The van der Waals surface area contributed by atoms with Crippen LogP contribution in [0.4, 0.5) is 5.69 Å². The van der Waals surface area contributed by atoms with E-state index in [0.29, 0.717) is 41.7 Å². The molecular weight excluding hydrogens is 666 g/mol. The topological polar surface area (TPSA) is 173 Å². The molecule has 2 aromatic carbocycles. The van der Waals surface area contributed by atoms with Crippen molar-refractivity contribution in [2.24, 2.45) is 5.92 Å². The number of rotatable bonds is 9. The first kappa shape index (κ1) is 32.0. The van der Waals surface area contributed by atoms with Gasteiger partial charge in [0.25, 0.3) is 17.7 Å². The molecule has 4 aliphatic rings. The monoisotopic (exact) mass is 701 g/mol. The Bertz CT molecular complexity index is 2300. The molecule has 9 rings (SSSR count). The number of carbonyl (C=O) groups excluding carboxylic acids is 5. The standard InChI is InChI=1S/C37H35N9O6/c47-32-7-6-30(35(49)41-32)46-36(50)25-5-4-22(14-26(25)37(46)51)18-43-12-8-24(9-13-43)45-19-23-15-29(31(16-28(23)42-45)52-20-21-2-3-21)40-34(48)27-17-39-44-11-1-10-38-33(27)44/h1,4-5,10-11,14-17,19,21,24,30H,2-3,6-9,12-13,18,20H2,(H,40,48)(H,41,47,49). The molecule has 3 aliphatic heterocycles. The number of anilines is 1. The number of fused-ring (bicyclic) bond motifs is 3. The first-order chi connectivity index (χ1) is 25.3. The van der Waals surface area contributed by atoms with Crippen molar-refractivity contribution in [1.29, 1.82) is 0 Å². The molecule has 6 heterocycles. The molecule has 0 radical (unpaired) electrons. The lowest BCUT2D eigenvalue weighted by molar-refractivity contribution is -0.136. The van der Waals surface area contributed by atoms with Crippen molar-refractivity contribution in [3.05, 3.63) is 83.4 Å². The number of nitrogens with zero attached hydrogens (tertiary/aromatic N) is 7. The molecular formula is C37H35N9O6.